The molecule has 1 saturated carbocycles. The minimum absolute atomic E-state index is 0.0473. The van der Waals surface area contributed by atoms with E-state index in [0.717, 1.165) is 44.1 Å². The fraction of sp³-hybridized carbons (Fsp3) is 0.821. The Labute approximate surface area is 214 Å². The molecular weight excluding hydrogens is 464 g/mol. The van der Waals surface area contributed by atoms with E-state index in [-0.39, 0.29) is 24.6 Å². The van der Waals surface area contributed by atoms with Gasteiger partial charge < -0.3 is 34.3 Å². The zero-order chi connectivity index (χ0) is 26.1. The molecule has 0 aromatic rings. The highest BCUT2D eigenvalue weighted by Crippen LogP contribution is 2.49. The van der Waals surface area contributed by atoms with Gasteiger partial charge >= 0.3 is 5.97 Å². The Morgan fingerprint density at radius 3 is 2.58 bits per heavy atom. The lowest BCUT2D eigenvalue weighted by atomic mass is 9.60. The molecule has 2 heterocycles. The van der Waals surface area contributed by atoms with Crippen molar-refractivity contribution in [1.29, 1.82) is 0 Å². The maximum Gasteiger partial charge on any atom is 0.303 e. The molecule has 8 heteroatoms. The Hall–Kier alpha value is -1.29. The van der Waals surface area contributed by atoms with E-state index in [4.69, 9.17) is 18.9 Å². The second-order valence-corrected chi connectivity index (χ2v) is 11.5. The molecule has 36 heavy (non-hydrogen) atoms. The van der Waals surface area contributed by atoms with Crippen molar-refractivity contribution in [2.24, 2.45) is 29.6 Å². The number of aliphatic hydroxyl groups is 3. The Morgan fingerprint density at radius 2 is 1.86 bits per heavy atom. The molecule has 2 aliphatic carbocycles. The molecule has 0 unspecified atom stereocenters. The van der Waals surface area contributed by atoms with Gasteiger partial charge in [0.05, 0.1) is 6.61 Å². The van der Waals surface area contributed by atoms with Crippen LogP contribution in [-0.4, -0.2) is 71.0 Å². The zero-order valence-electron chi connectivity index (χ0n) is 22.0. The van der Waals surface area contributed by atoms with Crippen LogP contribution in [0.5, 0.6) is 0 Å². The zero-order valence-corrected chi connectivity index (χ0v) is 22.0. The van der Waals surface area contributed by atoms with Crippen molar-refractivity contribution < 1.29 is 39.1 Å². The molecule has 0 aromatic heterocycles. The van der Waals surface area contributed by atoms with Gasteiger partial charge in [-0.25, -0.2) is 0 Å². The van der Waals surface area contributed by atoms with Gasteiger partial charge in [-0.15, -0.1) is 0 Å². The molecule has 4 aliphatic rings. The molecule has 3 N–H and O–H groups in total. The predicted octanol–water partition coefficient (Wildman–Crippen LogP) is 3.09. The summed E-state index contributed by atoms with van der Waals surface area (Å²) in [4.78, 5) is 11.7. The van der Waals surface area contributed by atoms with E-state index in [9.17, 15) is 20.1 Å². The summed E-state index contributed by atoms with van der Waals surface area (Å²) in [6.45, 7) is 12.5. The standard InChI is InChI=1S/C28H44O8/c1-14-9-10-19-17(4)22(34-18(5)29)12-20(21(19)11-14)15(2)7-6-8-16(3)27-33-13-23-24(30)25(31)26(32)28(35-23)36-27/h11,15-16,19-28,30-32H,4,6-10,12-13H2,1-3,5H3/t15-,16+,19-,20-,21+,22+,23+,24+,25-,26+,27-,28-/m0/s1. The fourth-order valence-corrected chi connectivity index (χ4v) is 6.63. The molecule has 2 aliphatic heterocycles. The normalized spacial score (nSPS) is 42.5. The first-order chi connectivity index (χ1) is 17.1. The molecule has 0 radical (unpaired) electrons. The van der Waals surface area contributed by atoms with Gasteiger partial charge in [0, 0.05) is 12.8 Å². The summed E-state index contributed by atoms with van der Waals surface area (Å²) in [6, 6.07) is 0. The van der Waals surface area contributed by atoms with Gasteiger partial charge in [-0.2, -0.15) is 0 Å². The predicted molar refractivity (Wildman–Crippen MR) is 132 cm³/mol. The first-order valence-electron chi connectivity index (χ1n) is 13.6. The van der Waals surface area contributed by atoms with Crippen molar-refractivity contribution in [3.05, 3.63) is 23.8 Å². The highest BCUT2D eigenvalue weighted by Gasteiger charge is 2.48. The third-order valence-corrected chi connectivity index (χ3v) is 8.85. The summed E-state index contributed by atoms with van der Waals surface area (Å²) in [7, 11) is 0. The molecular formula is C28H44O8. The first-order valence-corrected chi connectivity index (χ1v) is 13.6. The van der Waals surface area contributed by atoms with Crippen LogP contribution in [0.3, 0.4) is 0 Å². The monoisotopic (exact) mass is 508 g/mol. The number of carbonyl (C=O) groups is 1. The summed E-state index contributed by atoms with van der Waals surface area (Å²) in [5.41, 5.74) is 2.51. The Balaban J connectivity index is 1.34. The number of aliphatic hydroxyl groups excluding tert-OH is 3. The number of rotatable bonds is 7. The van der Waals surface area contributed by atoms with E-state index >= 15 is 0 Å². The van der Waals surface area contributed by atoms with Crippen LogP contribution in [0.2, 0.25) is 0 Å². The van der Waals surface area contributed by atoms with Gasteiger partial charge in [0.1, 0.15) is 30.5 Å². The number of allylic oxidation sites excluding steroid dienone is 2. The van der Waals surface area contributed by atoms with Crippen molar-refractivity contribution in [2.45, 2.75) is 109 Å². The van der Waals surface area contributed by atoms with E-state index in [2.05, 4.69) is 33.4 Å². The number of fused-ring (bicyclic) bond motifs is 3. The molecule has 8 nitrogen and oxygen atoms in total. The SMILES string of the molecule is C=C1[C@H](OC(C)=O)C[C@@H]([C@@H](C)CCC[C@@H](C)[C@H]2OC[C@H]3O[C@@H](O2)[C@H](O)[C@@H](O)[C@@H]3O)[C@@H]2C=C(C)CC[C@@H]12. The highest BCUT2D eigenvalue weighted by atomic mass is 16.8. The number of esters is 1. The van der Waals surface area contributed by atoms with Crippen LogP contribution in [0.1, 0.15) is 66.2 Å². The van der Waals surface area contributed by atoms with Crippen LogP contribution in [0.15, 0.2) is 23.8 Å². The molecule has 4 rings (SSSR count). The Kier molecular flexibility index (Phi) is 8.95. The fourth-order valence-electron chi connectivity index (χ4n) is 6.63. The van der Waals surface area contributed by atoms with Crippen LogP contribution in [0, 0.1) is 29.6 Å². The largest absolute Gasteiger partial charge is 0.458 e. The van der Waals surface area contributed by atoms with Gasteiger partial charge in [-0.3, -0.25) is 4.79 Å². The summed E-state index contributed by atoms with van der Waals surface area (Å²) in [5, 5.41) is 30.4. The number of ether oxygens (including phenoxy) is 4. The van der Waals surface area contributed by atoms with Gasteiger partial charge in [0.25, 0.3) is 0 Å². The molecule has 0 spiro atoms. The maximum absolute atomic E-state index is 11.7. The van der Waals surface area contributed by atoms with Crippen LogP contribution >= 0.6 is 0 Å². The minimum atomic E-state index is -1.32. The average molecular weight is 509 g/mol. The van der Waals surface area contributed by atoms with Crippen LogP contribution in [0.4, 0.5) is 0 Å². The topological polar surface area (TPSA) is 115 Å². The first kappa shape index (κ1) is 27.7. The maximum atomic E-state index is 11.7. The molecule has 2 bridgehead atoms. The number of hydrogen-bond donors (Lipinski definition) is 3. The number of carbonyl (C=O) groups excluding carboxylic acids is 1. The number of hydrogen-bond acceptors (Lipinski definition) is 8. The Bertz CT molecular complexity index is 824. The van der Waals surface area contributed by atoms with E-state index in [1.807, 2.05) is 0 Å². The third-order valence-electron chi connectivity index (χ3n) is 8.85. The van der Waals surface area contributed by atoms with E-state index in [0.29, 0.717) is 23.7 Å². The molecule has 2 saturated heterocycles. The quantitative estimate of drug-likeness (QED) is 0.355. The van der Waals surface area contributed by atoms with Crippen molar-refractivity contribution in [2.75, 3.05) is 6.61 Å². The molecule has 3 fully saturated rings. The van der Waals surface area contributed by atoms with Crippen LogP contribution < -0.4 is 0 Å². The highest BCUT2D eigenvalue weighted by molar-refractivity contribution is 5.66. The van der Waals surface area contributed by atoms with Crippen LogP contribution in [-0.2, 0) is 23.7 Å². The lowest BCUT2D eigenvalue weighted by Crippen LogP contribution is -2.58. The van der Waals surface area contributed by atoms with Gasteiger partial charge in [0.2, 0.25) is 0 Å². The van der Waals surface area contributed by atoms with E-state index < -0.39 is 37.0 Å². The van der Waals surface area contributed by atoms with E-state index in [1.165, 1.54) is 12.5 Å². The summed E-state index contributed by atoms with van der Waals surface area (Å²) in [5.74, 6) is 1.47. The second-order valence-electron chi connectivity index (χ2n) is 11.5. The molecule has 204 valence electrons. The lowest BCUT2D eigenvalue weighted by molar-refractivity contribution is -0.304. The van der Waals surface area contributed by atoms with Gasteiger partial charge in [-0.1, -0.05) is 44.9 Å². The minimum Gasteiger partial charge on any atom is -0.458 e. The smallest absolute Gasteiger partial charge is 0.303 e. The van der Waals surface area contributed by atoms with Crippen molar-refractivity contribution in [3.8, 4) is 0 Å². The molecule has 0 amide bonds. The molecule has 12 atom stereocenters. The summed E-state index contributed by atoms with van der Waals surface area (Å²) < 4.78 is 23.0. The third kappa shape index (κ3) is 5.89. The summed E-state index contributed by atoms with van der Waals surface area (Å²) >= 11 is 0. The second kappa shape index (κ2) is 11.6. The van der Waals surface area contributed by atoms with Gasteiger partial charge in [0.15, 0.2) is 12.6 Å². The van der Waals surface area contributed by atoms with Gasteiger partial charge in [-0.05, 0) is 61.9 Å². The van der Waals surface area contributed by atoms with Crippen molar-refractivity contribution in [3.63, 3.8) is 0 Å². The Morgan fingerprint density at radius 1 is 1.14 bits per heavy atom. The van der Waals surface area contributed by atoms with Crippen molar-refractivity contribution in [1.82, 2.24) is 0 Å². The van der Waals surface area contributed by atoms with E-state index in [1.54, 1.807) is 0 Å². The molecule has 0 aromatic carbocycles. The van der Waals surface area contributed by atoms with Crippen LogP contribution in [0.25, 0.3) is 0 Å². The average Bonchev–Trinajstić information content (AvgIpc) is 3.05. The lowest BCUT2D eigenvalue weighted by Gasteiger charge is -2.46. The van der Waals surface area contributed by atoms with Crippen molar-refractivity contribution >= 4 is 5.97 Å². The summed E-state index contributed by atoms with van der Waals surface area (Å²) in [6.07, 6.45) is 1.88.